The summed E-state index contributed by atoms with van der Waals surface area (Å²) in [7, 11) is -3.40. The topological polar surface area (TPSA) is 117 Å². The van der Waals surface area contributed by atoms with E-state index in [4.69, 9.17) is 5.14 Å². The average molecular weight is 437 g/mol. The number of fused-ring (bicyclic) bond motifs is 2. The van der Waals surface area contributed by atoms with Gasteiger partial charge >= 0.3 is 6.03 Å². The largest absolute Gasteiger partial charge is 0.387 e. The number of aliphatic hydroxyl groups is 1. The molecule has 5 N–H and O–H groups in total. The zero-order valence-corrected chi connectivity index (χ0v) is 18.6. The van der Waals surface area contributed by atoms with E-state index in [1.165, 1.54) is 28.5 Å². The zero-order chi connectivity index (χ0) is 21.0. The Bertz CT molecular complexity index is 1020. The SMILES string of the molecule is CC1CCc2cc3c(c(NC(=O)N=S(N)(=O)C4=CNC(C(C)(C)O)S4)c21)CCC3. The molecule has 1 heterocycles. The number of carbonyl (C=O) groups is 1. The zero-order valence-electron chi connectivity index (χ0n) is 16.9. The number of anilines is 1. The molecule has 4 rings (SSSR count). The summed E-state index contributed by atoms with van der Waals surface area (Å²) in [4.78, 5) is 12.7. The number of nitrogens with two attached hydrogens (primary N) is 1. The molecule has 3 atom stereocenters. The molecule has 0 radical (unpaired) electrons. The van der Waals surface area contributed by atoms with E-state index in [9.17, 15) is 14.1 Å². The molecule has 2 aliphatic carbocycles. The Balaban J connectivity index is 1.61. The standard InChI is InChI=1S/C20H28N4O3S2/c1-11-7-8-13-9-12-5-4-6-14(12)17(16(11)13)23-19(25)24-29(21,27)15-10-22-18(28-15)20(2,3)26/h9-11,18,22,26H,4-8H2,1-3H3,(H3,21,23,24,25,27). The van der Waals surface area contributed by atoms with E-state index in [2.05, 4.69) is 28.0 Å². The van der Waals surface area contributed by atoms with Crippen molar-refractivity contribution in [2.45, 2.75) is 69.8 Å². The Morgan fingerprint density at radius 3 is 2.83 bits per heavy atom. The lowest BCUT2D eigenvalue weighted by Gasteiger charge is -2.25. The van der Waals surface area contributed by atoms with E-state index in [0.29, 0.717) is 5.92 Å². The third-order valence-electron chi connectivity index (χ3n) is 5.83. The minimum atomic E-state index is -3.40. The first kappa shape index (κ1) is 20.7. The predicted molar refractivity (Wildman–Crippen MR) is 118 cm³/mol. The quantitative estimate of drug-likeness (QED) is 0.580. The number of hydrogen-bond donors (Lipinski definition) is 4. The van der Waals surface area contributed by atoms with Gasteiger partial charge in [-0.3, -0.25) is 0 Å². The monoisotopic (exact) mass is 436 g/mol. The van der Waals surface area contributed by atoms with Gasteiger partial charge in [0.2, 0.25) is 0 Å². The summed E-state index contributed by atoms with van der Waals surface area (Å²) >= 11 is 1.14. The molecule has 29 heavy (non-hydrogen) atoms. The van der Waals surface area contributed by atoms with Gasteiger partial charge < -0.3 is 15.7 Å². The molecule has 1 aliphatic heterocycles. The van der Waals surface area contributed by atoms with Crippen LogP contribution in [0, 0.1) is 0 Å². The summed E-state index contributed by atoms with van der Waals surface area (Å²) in [6.07, 6.45) is 6.60. The van der Waals surface area contributed by atoms with Crippen LogP contribution in [-0.2, 0) is 29.2 Å². The highest BCUT2D eigenvalue weighted by molar-refractivity contribution is 8.19. The molecular weight excluding hydrogens is 408 g/mol. The molecule has 158 valence electrons. The number of amides is 2. The number of rotatable bonds is 3. The Labute approximate surface area is 176 Å². The minimum absolute atomic E-state index is 0.261. The number of nitrogens with one attached hydrogen (secondary N) is 2. The summed E-state index contributed by atoms with van der Waals surface area (Å²) < 4.78 is 17.0. The smallest absolute Gasteiger partial charge is 0.354 e. The van der Waals surface area contributed by atoms with Crippen LogP contribution < -0.4 is 15.8 Å². The van der Waals surface area contributed by atoms with E-state index in [-0.39, 0.29) is 4.24 Å². The number of aryl methyl sites for hydroxylation is 2. The van der Waals surface area contributed by atoms with E-state index in [1.54, 1.807) is 13.8 Å². The number of thioether (sulfide) groups is 1. The van der Waals surface area contributed by atoms with Crippen LogP contribution in [0.4, 0.5) is 10.5 Å². The molecule has 1 aromatic carbocycles. The Morgan fingerprint density at radius 1 is 1.38 bits per heavy atom. The van der Waals surface area contributed by atoms with Gasteiger partial charge in [-0.25, -0.2) is 14.1 Å². The first-order valence-electron chi connectivity index (χ1n) is 9.95. The Morgan fingerprint density at radius 2 is 2.14 bits per heavy atom. The molecular formula is C20H28N4O3S2. The molecule has 9 heteroatoms. The maximum atomic E-state index is 12.9. The average Bonchev–Trinajstić information content (AvgIpc) is 3.33. The molecule has 0 bridgehead atoms. The predicted octanol–water partition coefficient (Wildman–Crippen LogP) is 3.33. The van der Waals surface area contributed by atoms with Crippen LogP contribution in [0.2, 0.25) is 0 Å². The summed E-state index contributed by atoms with van der Waals surface area (Å²) in [6, 6.07) is 1.61. The van der Waals surface area contributed by atoms with Gasteiger partial charge in [0.25, 0.3) is 0 Å². The van der Waals surface area contributed by atoms with Gasteiger partial charge in [-0.15, -0.1) is 4.36 Å². The summed E-state index contributed by atoms with van der Waals surface area (Å²) in [5, 5.41) is 21.5. The van der Waals surface area contributed by atoms with Crippen molar-refractivity contribution >= 4 is 33.4 Å². The van der Waals surface area contributed by atoms with E-state index in [1.807, 2.05) is 0 Å². The highest BCUT2D eigenvalue weighted by atomic mass is 32.3. The number of carbonyl (C=O) groups excluding carboxylic acids is 1. The highest BCUT2D eigenvalue weighted by Gasteiger charge is 2.34. The van der Waals surface area contributed by atoms with Crippen molar-refractivity contribution in [2.75, 3.05) is 5.32 Å². The van der Waals surface area contributed by atoms with Crippen LogP contribution in [0.1, 0.15) is 61.8 Å². The summed E-state index contributed by atoms with van der Waals surface area (Å²) in [6.45, 7) is 5.47. The lowest BCUT2D eigenvalue weighted by molar-refractivity contribution is 0.0731. The first-order chi connectivity index (χ1) is 13.6. The van der Waals surface area contributed by atoms with Gasteiger partial charge in [0.1, 0.15) is 9.61 Å². The molecule has 0 aromatic heterocycles. The normalized spacial score (nSPS) is 24.9. The maximum absolute atomic E-state index is 12.9. The molecule has 1 aromatic rings. The second-order valence-electron chi connectivity index (χ2n) is 8.63. The summed E-state index contributed by atoms with van der Waals surface area (Å²) in [5.74, 6) is 0.373. The van der Waals surface area contributed by atoms with Crippen molar-refractivity contribution in [3.63, 3.8) is 0 Å². The second kappa shape index (κ2) is 7.30. The van der Waals surface area contributed by atoms with Crippen LogP contribution in [0.25, 0.3) is 0 Å². The lowest BCUT2D eigenvalue weighted by Crippen LogP contribution is -2.39. The number of benzene rings is 1. The Hall–Kier alpha value is -1.55. The number of nitrogens with zero attached hydrogens (tertiary/aromatic N) is 1. The summed E-state index contributed by atoms with van der Waals surface area (Å²) in [5.41, 5.74) is 4.78. The van der Waals surface area contributed by atoms with Crippen LogP contribution in [0.15, 0.2) is 20.9 Å². The van der Waals surface area contributed by atoms with Crippen molar-refractivity contribution in [1.82, 2.24) is 5.32 Å². The van der Waals surface area contributed by atoms with Gasteiger partial charge in [-0.2, -0.15) is 0 Å². The fourth-order valence-electron chi connectivity index (χ4n) is 4.38. The molecule has 0 fully saturated rings. The van der Waals surface area contributed by atoms with E-state index < -0.39 is 26.9 Å². The first-order valence-corrected chi connectivity index (χ1v) is 12.4. The molecule has 0 saturated carbocycles. The van der Waals surface area contributed by atoms with Gasteiger partial charge in [0.05, 0.1) is 5.60 Å². The lowest BCUT2D eigenvalue weighted by atomic mass is 9.95. The fraction of sp³-hybridized carbons (Fsp3) is 0.550. The third kappa shape index (κ3) is 3.93. The molecule has 3 aliphatic rings. The number of urea groups is 1. The number of hydrogen-bond acceptors (Lipinski definition) is 5. The molecule has 7 nitrogen and oxygen atoms in total. The fourth-order valence-corrected chi connectivity index (χ4v) is 6.74. The van der Waals surface area contributed by atoms with Crippen molar-refractivity contribution < 1.29 is 14.1 Å². The minimum Gasteiger partial charge on any atom is -0.387 e. The molecule has 2 amide bonds. The molecule has 0 spiro atoms. The molecule has 3 unspecified atom stereocenters. The van der Waals surface area contributed by atoms with Crippen LogP contribution in [0.3, 0.4) is 0 Å². The van der Waals surface area contributed by atoms with Crippen molar-refractivity contribution in [3.05, 3.63) is 38.8 Å². The van der Waals surface area contributed by atoms with E-state index >= 15 is 0 Å². The van der Waals surface area contributed by atoms with Crippen molar-refractivity contribution in [1.29, 1.82) is 0 Å². The van der Waals surface area contributed by atoms with Crippen LogP contribution in [-0.4, -0.2) is 26.3 Å². The van der Waals surface area contributed by atoms with Crippen molar-refractivity contribution in [2.24, 2.45) is 9.50 Å². The van der Waals surface area contributed by atoms with Gasteiger partial charge in [-0.05, 0) is 74.1 Å². The maximum Gasteiger partial charge on any atom is 0.354 e. The van der Waals surface area contributed by atoms with Gasteiger partial charge in [0, 0.05) is 11.9 Å². The van der Waals surface area contributed by atoms with Gasteiger partial charge in [-0.1, -0.05) is 24.8 Å². The van der Waals surface area contributed by atoms with Crippen molar-refractivity contribution in [3.8, 4) is 0 Å². The highest BCUT2D eigenvalue weighted by Crippen LogP contribution is 2.44. The second-order valence-corrected chi connectivity index (χ2v) is 11.8. The molecule has 0 saturated heterocycles. The Kier molecular flexibility index (Phi) is 5.21. The van der Waals surface area contributed by atoms with Crippen LogP contribution >= 0.6 is 11.8 Å². The van der Waals surface area contributed by atoms with Crippen LogP contribution in [0.5, 0.6) is 0 Å². The third-order valence-corrected chi connectivity index (χ3v) is 9.27. The van der Waals surface area contributed by atoms with Gasteiger partial charge in [0.15, 0.2) is 9.92 Å². The van der Waals surface area contributed by atoms with E-state index in [0.717, 1.165) is 49.6 Å².